The molecule has 9 aromatic rings. The number of hydrogen-bond acceptors (Lipinski definition) is 20. The van der Waals surface area contributed by atoms with E-state index in [4.69, 9.17) is 35.4 Å². The number of carbonyl (C=O) groups excluding carboxylic acids is 3. The Bertz CT molecular complexity index is 4120. The number of benzene rings is 3. The molecular formula is C75H90F2N15O10+. The highest BCUT2D eigenvalue weighted by molar-refractivity contribution is 6.02. The molecule has 538 valence electrons. The average molecular weight is 1400 g/mol. The zero-order chi connectivity index (χ0) is 74.5. The van der Waals surface area contributed by atoms with Crippen molar-refractivity contribution in [2.45, 2.75) is 105 Å². The number of aromatic nitrogens is 6. The van der Waals surface area contributed by atoms with Gasteiger partial charge in [-0.15, -0.1) is 0 Å². The van der Waals surface area contributed by atoms with E-state index in [0.29, 0.717) is 85.2 Å². The van der Waals surface area contributed by atoms with E-state index in [1.807, 2.05) is 97.2 Å². The van der Waals surface area contributed by atoms with E-state index >= 15 is 0 Å². The smallest absolute Gasteiger partial charge is 0.335 e. The highest BCUT2D eigenvalue weighted by Crippen LogP contribution is 2.25. The van der Waals surface area contributed by atoms with Crippen LogP contribution >= 0.6 is 0 Å². The van der Waals surface area contributed by atoms with Gasteiger partial charge in [-0.3, -0.25) is 34.5 Å². The molecule has 3 aromatic carbocycles. The number of aliphatic hydroxyl groups is 2. The molecule has 0 bridgehead atoms. The van der Waals surface area contributed by atoms with Crippen LogP contribution in [0.3, 0.4) is 0 Å². The van der Waals surface area contributed by atoms with E-state index < -0.39 is 35.7 Å². The van der Waals surface area contributed by atoms with Crippen LogP contribution in [-0.4, -0.2) is 162 Å². The predicted molar refractivity (Wildman–Crippen MR) is 377 cm³/mol. The average Bonchev–Trinajstić information content (AvgIpc) is 1.11. The first-order valence-electron chi connectivity index (χ1n) is 33.0. The van der Waals surface area contributed by atoms with Crippen LogP contribution in [0.15, 0.2) is 168 Å². The Kier molecular flexibility index (Phi) is 34.8. The fraction of sp³-hybridized carbons (Fsp3) is 0.333. The number of amides is 3. The minimum Gasteiger partial charge on any atom is -0.478 e. The first-order valence-corrected chi connectivity index (χ1v) is 33.0. The molecule has 3 amide bonds. The highest BCUT2D eigenvalue weighted by atomic mass is 19.1. The maximum atomic E-state index is 14.1. The van der Waals surface area contributed by atoms with Crippen LogP contribution in [0.1, 0.15) is 140 Å². The van der Waals surface area contributed by atoms with Gasteiger partial charge in [0, 0.05) is 128 Å². The second kappa shape index (κ2) is 43.5. The van der Waals surface area contributed by atoms with E-state index in [2.05, 4.69) is 40.5 Å². The highest BCUT2D eigenvalue weighted by Gasteiger charge is 2.26. The summed E-state index contributed by atoms with van der Waals surface area (Å²) in [6, 6.07) is 29.2. The number of oxazole rings is 2. The summed E-state index contributed by atoms with van der Waals surface area (Å²) in [5.74, 6) is -3.09. The number of nitrogens with zero attached hydrogens (tertiary/aromatic N) is 12. The fourth-order valence-electron chi connectivity index (χ4n) is 10.1. The van der Waals surface area contributed by atoms with Crippen LogP contribution < -0.4 is 21.1 Å². The largest absolute Gasteiger partial charge is 0.478 e. The lowest BCUT2D eigenvalue weighted by Crippen LogP contribution is -2.48. The van der Waals surface area contributed by atoms with E-state index in [1.165, 1.54) is 86.0 Å². The molecule has 25 nitrogen and oxygen atoms in total. The maximum Gasteiger partial charge on any atom is 0.335 e. The van der Waals surface area contributed by atoms with E-state index in [9.17, 15) is 38.2 Å². The zero-order valence-corrected chi connectivity index (χ0v) is 58.7. The first kappa shape index (κ1) is 81.6. The third-order valence-electron chi connectivity index (χ3n) is 14.6. The molecule has 6 heterocycles. The molecule has 102 heavy (non-hydrogen) atoms. The van der Waals surface area contributed by atoms with Gasteiger partial charge in [0.05, 0.1) is 77.1 Å². The Balaban J connectivity index is 0.000000280. The van der Waals surface area contributed by atoms with Crippen molar-refractivity contribution in [3.05, 3.63) is 238 Å². The summed E-state index contributed by atoms with van der Waals surface area (Å²) in [6.45, 7) is 12.9. The molecule has 0 unspecified atom stereocenters. The third-order valence-corrected chi connectivity index (χ3v) is 14.6. The van der Waals surface area contributed by atoms with Crippen molar-refractivity contribution < 1.29 is 62.1 Å². The predicted octanol–water partition coefficient (Wildman–Crippen LogP) is 9.26. The summed E-state index contributed by atoms with van der Waals surface area (Å²) in [6.07, 6.45) is 15.6. The number of carboxylic acids is 1. The maximum absolute atomic E-state index is 14.1. The molecule has 27 heteroatoms. The molecule has 0 saturated heterocycles. The first-order chi connectivity index (χ1) is 49.0. The Labute approximate surface area is 593 Å². The molecule has 0 aliphatic carbocycles. The van der Waals surface area contributed by atoms with Crippen molar-refractivity contribution in [1.29, 1.82) is 10.5 Å². The standard InChI is InChI=1S/C36H44F2N6O4.C17H20N2O4.C9H15N3.C7H6N2O.C6H5N2O/c1-5-10-44(11-6-2)36(47)28-18-26(17-27(19-28)35-41-9-12-48-35)34(46)42-32(16-25-13-29(37)20-30(38)14-25)33(45)22-39-21-24-7-8-40-31(15-24)23-43(3)4;1-3-6-19(7-4-2)16(20)13-9-12(15-18-5-8-23-15)10-14(11-13)17(21)22;1-12(2)7-9-5-8(6-10)3-4-11-9;8-4-6-1-2-9-7(3-6)5-10;7-5-6-1-3-8(9)4-2-6/h7-9,12-15,17-20,32-33,39,45H,5-6,10-11,16,21-23H2,1-4H3,(H,42,46);5,8-11H,3-4,6-7H2,1-2H3,(H,21,22);3-5H,6-7,10H2,1-2H3;1-3,10H,5H2;1-4,9H/q;;;;+1/t32-,33+;;;;/m0..../s1. The third kappa shape index (κ3) is 27.9. The molecule has 0 aliphatic heterocycles. The minimum absolute atomic E-state index is 0.0389. The number of nitrogens with one attached hydrogen (secondary N) is 2. The molecule has 8 N–H and O–H groups in total. The number of hydrogen-bond donors (Lipinski definition) is 7. The van der Waals surface area contributed by atoms with Crippen LogP contribution in [0.2, 0.25) is 0 Å². The number of aliphatic hydroxyl groups excluding tert-OH is 2. The van der Waals surface area contributed by atoms with Crippen molar-refractivity contribution in [3.63, 3.8) is 0 Å². The van der Waals surface area contributed by atoms with Crippen molar-refractivity contribution in [3.8, 4) is 35.0 Å². The van der Waals surface area contributed by atoms with Gasteiger partial charge in [0.2, 0.25) is 24.2 Å². The lowest BCUT2D eigenvalue weighted by Gasteiger charge is -2.25. The van der Waals surface area contributed by atoms with Crippen molar-refractivity contribution in [2.24, 2.45) is 5.73 Å². The van der Waals surface area contributed by atoms with Gasteiger partial charge in [-0.1, -0.05) is 27.7 Å². The van der Waals surface area contributed by atoms with E-state index in [0.717, 1.165) is 65.5 Å². The number of nitriles is 2. The van der Waals surface area contributed by atoms with Crippen LogP contribution in [0.25, 0.3) is 22.9 Å². The number of rotatable bonds is 28. The fourth-order valence-corrected chi connectivity index (χ4v) is 10.1. The molecule has 0 saturated carbocycles. The number of pyridine rings is 4. The number of nitrogens with two attached hydrogens (primary N) is 1. The Morgan fingerprint density at radius 2 is 1.06 bits per heavy atom. The van der Waals surface area contributed by atoms with Gasteiger partial charge in [0.15, 0.2) is 0 Å². The molecule has 0 spiro atoms. The summed E-state index contributed by atoms with van der Waals surface area (Å²) in [5.41, 5.74) is 13.1. The summed E-state index contributed by atoms with van der Waals surface area (Å²) in [7, 11) is 7.96. The molecule has 2 atom stereocenters. The molecule has 0 fully saturated rings. The quantitative estimate of drug-likeness (QED) is 0.0177. The molecule has 9 rings (SSSR count). The summed E-state index contributed by atoms with van der Waals surface area (Å²) in [5, 5.41) is 60.6. The van der Waals surface area contributed by atoms with E-state index in [-0.39, 0.29) is 59.5 Å². The van der Waals surface area contributed by atoms with Gasteiger partial charge >= 0.3 is 5.97 Å². The van der Waals surface area contributed by atoms with Crippen LogP contribution in [0.5, 0.6) is 0 Å². The molecule has 6 aromatic heterocycles. The lowest BCUT2D eigenvalue weighted by atomic mass is 9.99. The monoisotopic (exact) mass is 1400 g/mol. The normalized spacial score (nSPS) is 11.1. The van der Waals surface area contributed by atoms with E-state index in [1.54, 1.807) is 52.5 Å². The van der Waals surface area contributed by atoms with Gasteiger partial charge in [-0.25, -0.2) is 23.5 Å². The van der Waals surface area contributed by atoms with Crippen molar-refractivity contribution in [1.82, 2.24) is 55.2 Å². The second-order valence-electron chi connectivity index (χ2n) is 23.8. The lowest BCUT2D eigenvalue weighted by molar-refractivity contribution is -0.904. The van der Waals surface area contributed by atoms with Gasteiger partial charge in [0.1, 0.15) is 24.2 Å². The summed E-state index contributed by atoms with van der Waals surface area (Å²) in [4.78, 5) is 79.7. The van der Waals surface area contributed by atoms with Gasteiger partial charge in [0.25, 0.3) is 17.7 Å². The second-order valence-corrected chi connectivity index (χ2v) is 23.8. The summed E-state index contributed by atoms with van der Waals surface area (Å²) < 4.78 is 39.8. The van der Waals surface area contributed by atoms with Crippen molar-refractivity contribution >= 4 is 23.7 Å². The van der Waals surface area contributed by atoms with Crippen LogP contribution in [-0.2, 0) is 39.2 Å². The Morgan fingerprint density at radius 3 is 1.52 bits per heavy atom. The van der Waals surface area contributed by atoms with Gasteiger partial charge < -0.3 is 60.1 Å². The van der Waals surface area contributed by atoms with Crippen molar-refractivity contribution in [2.75, 3.05) is 60.9 Å². The minimum atomic E-state index is -1.15. The SMILES string of the molecule is CCCN(CCC)C(=O)c1cc(C(=O)N[C@@H](Cc2cc(F)cc(F)c2)[C@H](O)CNCc2ccnc(CN(C)C)c2)cc(-c2ncco2)c1.CCCN(CCC)C(=O)c1cc(C(=O)O)cc(-c2ncco2)c1.CN(C)Cc1cc(CN)ccn1.N#Cc1cc[n+](O)cc1.N#Cc1ccnc(CO)c1. The van der Waals surface area contributed by atoms with Crippen LogP contribution in [0, 0.1) is 34.3 Å². The molecule has 0 radical (unpaired) electrons. The summed E-state index contributed by atoms with van der Waals surface area (Å²) >= 11 is 0. The number of aromatic carboxylic acids is 1. The zero-order valence-electron chi connectivity index (χ0n) is 58.7. The van der Waals surface area contributed by atoms with Gasteiger partial charge in [-0.05, 0) is 162 Å². The molecular weight excluding hydrogens is 1310 g/mol. The number of halogens is 2. The Hall–Kier alpha value is -11.0. The van der Waals surface area contributed by atoms with Gasteiger partial charge in [-0.2, -0.15) is 10.5 Å². The topological polar surface area (TPSA) is 354 Å². The number of carbonyl (C=O) groups is 4. The number of carboxylic acid groups (broad SMARTS) is 1. The molecule has 0 aliphatic rings. The van der Waals surface area contributed by atoms with Crippen LogP contribution in [0.4, 0.5) is 8.78 Å². The Morgan fingerprint density at radius 1 is 0.588 bits per heavy atom.